The first-order chi connectivity index (χ1) is 9.10. The lowest BCUT2D eigenvalue weighted by Gasteiger charge is -2.07. The van der Waals surface area contributed by atoms with Crippen LogP contribution in [0.25, 0.3) is 5.52 Å². The Morgan fingerprint density at radius 1 is 1.47 bits per heavy atom. The van der Waals surface area contributed by atoms with Gasteiger partial charge in [0.25, 0.3) is 0 Å². The first-order valence-electron chi connectivity index (χ1n) is 5.88. The second-order valence-electron chi connectivity index (χ2n) is 4.07. The number of aromatic nitrogens is 2. The van der Waals surface area contributed by atoms with Crippen molar-refractivity contribution in [2.24, 2.45) is 0 Å². The molecular formula is C13H14N2O4. The van der Waals surface area contributed by atoms with Crippen molar-refractivity contribution in [1.29, 1.82) is 0 Å². The molecule has 1 unspecified atom stereocenters. The highest BCUT2D eigenvalue weighted by Crippen LogP contribution is 2.23. The van der Waals surface area contributed by atoms with Crippen LogP contribution in [0.4, 0.5) is 0 Å². The lowest BCUT2D eigenvalue weighted by atomic mass is 10.1. The highest BCUT2D eigenvalue weighted by Gasteiger charge is 2.26. The van der Waals surface area contributed by atoms with Gasteiger partial charge in [-0.15, -0.1) is 0 Å². The number of aliphatic carboxylic acids is 1. The molecule has 0 bridgehead atoms. The number of esters is 1. The number of carboxylic acids is 1. The first kappa shape index (κ1) is 13.1. The Balaban J connectivity index is 2.68. The van der Waals surface area contributed by atoms with Crippen LogP contribution in [0.5, 0.6) is 0 Å². The van der Waals surface area contributed by atoms with Crippen LogP contribution in [0.2, 0.25) is 0 Å². The van der Waals surface area contributed by atoms with E-state index >= 15 is 0 Å². The van der Waals surface area contributed by atoms with Crippen LogP contribution in [-0.4, -0.2) is 33.5 Å². The number of carbonyl (C=O) groups is 2. The minimum absolute atomic E-state index is 0.137. The summed E-state index contributed by atoms with van der Waals surface area (Å²) in [5.41, 5.74) is 0.682. The number of carboxylic acid groups (broad SMARTS) is 1. The highest BCUT2D eigenvalue weighted by atomic mass is 16.5. The maximum Gasteiger partial charge on any atom is 0.358 e. The SMILES string of the molecule is CCC(C(=O)O)c1nc(C(=O)OC)c2ccccn12. The number of nitrogens with zero attached hydrogens (tertiary/aromatic N) is 2. The Morgan fingerprint density at radius 2 is 2.21 bits per heavy atom. The van der Waals surface area contributed by atoms with E-state index in [1.165, 1.54) is 7.11 Å². The van der Waals surface area contributed by atoms with Gasteiger partial charge in [-0.2, -0.15) is 0 Å². The zero-order valence-electron chi connectivity index (χ0n) is 10.7. The molecule has 6 heteroatoms. The molecule has 0 spiro atoms. The van der Waals surface area contributed by atoms with Gasteiger partial charge in [-0.1, -0.05) is 13.0 Å². The lowest BCUT2D eigenvalue weighted by molar-refractivity contribution is -0.139. The number of carbonyl (C=O) groups excluding carboxylic acids is 1. The zero-order valence-corrected chi connectivity index (χ0v) is 10.7. The van der Waals surface area contributed by atoms with Gasteiger partial charge in [0.1, 0.15) is 11.7 Å². The summed E-state index contributed by atoms with van der Waals surface area (Å²) in [5, 5.41) is 9.22. The summed E-state index contributed by atoms with van der Waals surface area (Å²) in [6.45, 7) is 1.76. The number of hydrogen-bond acceptors (Lipinski definition) is 4. The molecule has 2 heterocycles. The molecule has 0 radical (unpaired) electrons. The van der Waals surface area contributed by atoms with Gasteiger partial charge in [0, 0.05) is 6.20 Å². The van der Waals surface area contributed by atoms with E-state index in [1.807, 2.05) is 0 Å². The van der Waals surface area contributed by atoms with Crippen LogP contribution in [0.15, 0.2) is 24.4 Å². The van der Waals surface area contributed by atoms with Crippen molar-refractivity contribution >= 4 is 17.5 Å². The Morgan fingerprint density at radius 3 is 2.79 bits per heavy atom. The number of imidazole rings is 1. The van der Waals surface area contributed by atoms with Gasteiger partial charge < -0.3 is 14.2 Å². The smallest absolute Gasteiger partial charge is 0.358 e. The van der Waals surface area contributed by atoms with E-state index in [1.54, 1.807) is 35.7 Å². The van der Waals surface area contributed by atoms with E-state index in [4.69, 9.17) is 0 Å². The number of ether oxygens (including phenoxy) is 1. The van der Waals surface area contributed by atoms with Gasteiger partial charge >= 0.3 is 11.9 Å². The predicted octanol–water partition coefficient (Wildman–Crippen LogP) is 1.70. The van der Waals surface area contributed by atoms with Gasteiger partial charge in [-0.3, -0.25) is 4.79 Å². The van der Waals surface area contributed by atoms with Crippen molar-refractivity contribution in [2.45, 2.75) is 19.3 Å². The Labute approximate surface area is 109 Å². The maximum atomic E-state index is 11.7. The molecule has 0 saturated carbocycles. The highest BCUT2D eigenvalue weighted by molar-refractivity contribution is 5.95. The Kier molecular flexibility index (Phi) is 3.50. The van der Waals surface area contributed by atoms with E-state index in [2.05, 4.69) is 9.72 Å². The quantitative estimate of drug-likeness (QED) is 0.848. The molecule has 2 rings (SSSR count). The summed E-state index contributed by atoms with van der Waals surface area (Å²) < 4.78 is 6.29. The van der Waals surface area contributed by atoms with Crippen LogP contribution in [0, 0.1) is 0 Å². The summed E-state index contributed by atoms with van der Waals surface area (Å²) in [6, 6.07) is 5.22. The summed E-state index contributed by atoms with van der Waals surface area (Å²) in [7, 11) is 1.27. The van der Waals surface area contributed by atoms with Crippen LogP contribution < -0.4 is 0 Å². The lowest BCUT2D eigenvalue weighted by Crippen LogP contribution is -2.14. The molecule has 1 atom stereocenters. The normalized spacial score (nSPS) is 12.3. The second kappa shape index (κ2) is 5.09. The zero-order chi connectivity index (χ0) is 14.0. The molecule has 0 saturated heterocycles. The van der Waals surface area contributed by atoms with E-state index in [9.17, 15) is 14.7 Å². The van der Waals surface area contributed by atoms with Gasteiger partial charge in [0.2, 0.25) is 0 Å². The molecule has 19 heavy (non-hydrogen) atoms. The van der Waals surface area contributed by atoms with E-state index in [0.717, 1.165) is 0 Å². The van der Waals surface area contributed by atoms with Crippen molar-refractivity contribution in [2.75, 3.05) is 7.11 Å². The third-order valence-corrected chi connectivity index (χ3v) is 2.97. The minimum atomic E-state index is -0.963. The topological polar surface area (TPSA) is 80.9 Å². The predicted molar refractivity (Wildman–Crippen MR) is 67.2 cm³/mol. The molecule has 100 valence electrons. The first-order valence-corrected chi connectivity index (χ1v) is 5.88. The number of fused-ring (bicyclic) bond motifs is 1. The van der Waals surface area contributed by atoms with E-state index in [0.29, 0.717) is 17.8 Å². The third-order valence-electron chi connectivity index (χ3n) is 2.97. The molecule has 6 nitrogen and oxygen atoms in total. The second-order valence-corrected chi connectivity index (χ2v) is 4.07. The standard InChI is InChI=1S/C13H14N2O4/c1-3-8(12(16)17)11-14-10(13(18)19-2)9-6-4-5-7-15(9)11/h4-8H,3H2,1-2H3,(H,16,17). The van der Waals surface area contributed by atoms with Crippen molar-refractivity contribution in [1.82, 2.24) is 9.38 Å². The molecule has 0 fully saturated rings. The van der Waals surface area contributed by atoms with E-state index in [-0.39, 0.29) is 5.69 Å². The van der Waals surface area contributed by atoms with E-state index < -0.39 is 17.9 Å². The molecule has 0 aliphatic heterocycles. The van der Waals surface area contributed by atoms with Crippen molar-refractivity contribution < 1.29 is 19.4 Å². The fourth-order valence-corrected chi connectivity index (χ4v) is 2.02. The van der Waals surface area contributed by atoms with Gasteiger partial charge in [-0.25, -0.2) is 9.78 Å². The average molecular weight is 262 g/mol. The summed E-state index contributed by atoms with van der Waals surface area (Å²) in [4.78, 5) is 27.1. The fraction of sp³-hybridized carbons (Fsp3) is 0.308. The molecule has 0 aliphatic carbocycles. The molecular weight excluding hydrogens is 248 g/mol. The molecule has 0 aliphatic rings. The summed E-state index contributed by atoms with van der Waals surface area (Å²) in [5.74, 6) is -1.95. The summed E-state index contributed by atoms with van der Waals surface area (Å²) >= 11 is 0. The molecule has 2 aromatic rings. The van der Waals surface area contributed by atoms with Crippen LogP contribution in [-0.2, 0) is 9.53 Å². The Bertz CT molecular complexity index is 633. The van der Waals surface area contributed by atoms with Gasteiger partial charge in [-0.05, 0) is 18.6 Å². The number of pyridine rings is 1. The largest absolute Gasteiger partial charge is 0.481 e. The van der Waals surface area contributed by atoms with Crippen LogP contribution in [0.3, 0.4) is 0 Å². The van der Waals surface area contributed by atoms with Crippen molar-refractivity contribution in [3.05, 3.63) is 35.9 Å². The van der Waals surface area contributed by atoms with Crippen molar-refractivity contribution in [3.8, 4) is 0 Å². The molecule has 1 N–H and O–H groups in total. The number of rotatable bonds is 4. The van der Waals surface area contributed by atoms with Gasteiger partial charge in [0.05, 0.1) is 12.6 Å². The van der Waals surface area contributed by atoms with Crippen LogP contribution >= 0.6 is 0 Å². The van der Waals surface area contributed by atoms with Crippen molar-refractivity contribution in [3.63, 3.8) is 0 Å². The minimum Gasteiger partial charge on any atom is -0.481 e. The van der Waals surface area contributed by atoms with Crippen LogP contribution in [0.1, 0.15) is 35.6 Å². The maximum absolute atomic E-state index is 11.7. The molecule has 0 aromatic carbocycles. The summed E-state index contributed by atoms with van der Waals surface area (Å²) in [6.07, 6.45) is 2.08. The fourth-order valence-electron chi connectivity index (χ4n) is 2.02. The molecule has 0 amide bonds. The third kappa shape index (κ3) is 2.16. The van der Waals surface area contributed by atoms with Gasteiger partial charge in [0.15, 0.2) is 5.69 Å². The average Bonchev–Trinajstić information content (AvgIpc) is 2.78. The Hall–Kier alpha value is -2.37. The number of hydrogen-bond donors (Lipinski definition) is 1. The molecule has 2 aromatic heterocycles. The number of methoxy groups -OCH3 is 1. The monoisotopic (exact) mass is 262 g/mol.